The van der Waals surface area contributed by atoms with Gasteiger partial charge in [-0.3, -0.25) is 9.18 Å². The summed E-state index contributed by atoms with van der Waals surface area (Å²) in [6.45, 7) is 2.70. The number of aryl methyl sites for hydroxylation is 2. The van der Waals surface area contributed by atoms with E-state index in [1.165, 1.54) is 5.56 Å². The fraction of sp³-hybridized carbons (Fsp3) is 0.684. The molecule has 0 aromatic carbocycles. The number of hydrogen-bond donors (Lipinski definition) is 3. The Morgan fingerprint density at radius 2 is 2.12 bits per heavy atom. The van der Waals surface area contributed by atoms with Crippen molar-refractivity contribution in [2.75, 3.05) is 38.2 Å². The van der Waals surface area contributed by atoms with Gasteiger partial charge in [0, 0.05) is 25.3 Å². The summed E-state index contributed by atoms with van der Waals surface area (Å²) in [5.41, 5.74) is 7.96. The van der Waals surface area contributed by atoms with Crippen molar-refractivity contribution >= 4 is 11.8 Å². The standard InChI is InChI=1S/C19H31FN4O2/c20-10-4-13-24(14-9-17(21)19(25)26)12-2-1-6-16-8-7-15-5-3-11-22-18(15)23-16/h7-8,17H,1-6,9-14,21H2,(H,22,23)(H,25,26). The second kappa shape index (κ2) is 11.1. The number of aromatic nitrogens is 1. The highest BCUT2D eigenvalue weighted by atomic mass is 19.1. The molecule has 0 spiro atoms. The van der Waals surface area contributed by atoms with Crippen LogP contribution in [0.4, 0.5) is 10.2 Å². The third-order valence-electron chi connectivity index (χ3n) is 4.79. The molecule has 1 aromatic heterocycles. The SMILES string of the molecule is NC(CCN(CCCF)CCCCc1ccc2c(n1)NCCC2)C(=O)O. The van der Waals surface area contributed by atoms with E-state index in [-0.39, 0.29) is 6.67 Å². The third-order valence-corrected chi connectivity index (χ3v) is 4.79. The van der Waals surface area contributed by atoms with Crippen LogP contribution in [0.25, 0.3) is 0 Å². The quantitative estimate of drug-likeness (QED) is 0.491. The van der Waals surface area contributed by atoms with Crippen molar-refractivity contribution in [1.82, 2.24) is 9.88 Å². The molecule has 1 aliphatic rings. The summed E-state index contributed by atoms with van der Waals surface area (Å²) >= 11 is 0. The molecule has 0 aliphatic carbocycles. The molecule has 1 atom stereocenters. The Hall–Kier alpha value is -1.73. The summed E-state index contributed by atoms with van der Waals surface area (Å²) < 4.78 is 12.5. The molecule has 7 heteroatoms. The molecule has 146 valence electrons. The number of halogens is 1. The lowest BCUT2D eigenvalue weighted by Gasteiger charge is -2.22. The van der Waals surface area contributed by atoms with E-state index in [0.717, 1.165) is 56.7 Å². The lowest BCUT2D eigenvalue weighted by Crippen LogP contribution is -2.36. The van der Waals surface area contributed by atoms with Crippen LogP contribution < -0.4 is 11.1 Å². The zero-order valence-electron chi connectivity index (χ0n) is 15.4. The van der Waals surface area contributed by atoms with Crippen molar-refractivity contribution < 1.29 is 14.3 Å². The van der Waals surface area contributed by atoms with Crippen molar-refractivity contribution in [1.29, 1.82) is 0 Å². The molecule has 2 heterocycles. The van der Waals surface area contributed by atoms with Gasteiger partial charge < -0.3 is 21.1 Å². The lowest BCUT2D eigenvalue weighted by atomic mass is 10.1. The van der Waals surface area contributed by atoms with E-state index >= 15 is 0 Å². The van der Waals surface area contributed by atoms with Crippen LogP contribution in [-0.2, 0) is 17.6 Å². The molecule has 4 N–H and O–H groups in total. The van der Waals surface area contributed by atoms with Crippen LogP contribution in [-0.4, -0.2) is 59.9 Å². The number of rotatable bonds is 12. The van der Waals surface area contributed by atoms with E-state index in [4.69, 9.17) is 15.8 Å². The fourth-order valence-electron chi connectivity index (χ4n) is 3.21. The maximum absolute atomic E-state index is 12.5. The van der Waals surface area contributed by atoms with Gasteiger partial charge in [0.1, 0.15) is 11.9 Å². The first-order valence-corrected chi connectivity index (χ1v) is 9.59. The first-order valence-electron chi connectivity index (χ1n) is 9.59. The summed E-state index contributed by atoms with van der Waals surface area (Å²) in [4.78, 5) is 17.6. The van der Waals surface area contributed by atoms with Crippen molar-refractivity contribution in [3.05, 3.63) is 23.4 Å². The third kappa shape index (κ3) is 6.88. The van der Waals surface area contributed by atoms with Crippen LogP contribution in [0, 0.1) is 0 Å². The number of alkyl halides is 1. The highest BCUT2D eigenvalue weighted by molar-refractivity contribution is 5.72. The summed E-state index contributed by atoms with van der Waals surface area (Å²) in [6, 6.07) is 3.43. The molecular weight excluding hydrogens is 335 g/mol. The van der Waals surface area contributed by atoms with Crippen molar-refractivity contribution in [2.45, 2.75) is 51.0 Å². The Balaban J connectivity index is 1.73. The Kier molecular flexibility index (Phi) is 8.77. The first kappa shape index (κ1) is 20.6. The van der Waals surface area contributed by atoms with Gasteiger partial charge in [-0.25, -0.2) is 4.98 Å². The van der Waals surface area contributed by atoms with Gasteiger partial charge in [0.15, 0.2) is 0 Å². The second-order valence-electron chi connectivity index (χ2n) is 6.92. The average Bonchev–Trinajstić information content (AvgIpc) is 2.66. The molecule has 6 nitrogen and oxygen atoms in total. The van der Waals surface area contributed by atoms with Crippen LogP contribution in [0.3, 0.4) is 0 Å². The Bertz CT molecular complexity index is 570. The van der Waals surface area contributed by atoms with Gasteiger partial charge >= 0.3 is 5.97 Å². The number of nitrogens with one attached hydrogen (secondary N) is 1. The van der Waals surface area contributed by atoms with Gasteiger partial charge in [-0.05, 0) is 63.1 Å². The minimum atomic E-state index is -0.984. The summed E-state index contributed by atoms with van der Waals surface area (Å²) in [6.07, 6.45) is 6.01. The maximum Gasteiger partial charge on any atom is 0.320 e. The molecule has 2 rings (SSSR count). The number of hydrogen-bond acceptors (Lipinski definition) is 5. The zero-order chi connectivity index (χ0) is 18.8. The zero-order valence-corrected chi connectivity index (χ0v) is 15.4. The number of carbonyl (C=O) groups is 1. The number of pyridine rings is 1. The molecule has 0 amide bonds. The first-order chi connectivity index (χ1) is 12.6. The predicted octanol–water partition coefficient (Wildman–Crippen LogP) is 2.23. The van der Waals surface area contributed by atoms with Gasteiger partial charge in [-0.2, -0.15) is 0 Å². The van der Waals surface area contributed by atoms with E-state index in [0.29, 0.717) is 25.9 Å². The van der Waals surface area contributed by atoms with Crippen molar-refractivity contribution in [3.63, 3.8) is 0 Å². The average molecular weight is 366 g/mol. The monoisotopic (exact) mass is 366 g/mol. The number of fused-ring (bicyclic) bond motifs is 1. The number of carboxylic acids is 1. The fourth-order valence-corrected chi connectivity index (χ4v) is 3.21. The Labute approximate surface area is 155 Å². The van der Waals surface area contributed by atoms with E-state index in [9.17, 15) is 9.18 Å². The van der Waals surface area contributed by atoms with E-state index in [1.54, 1.807) is 0 Å². The molecular formula is C19H31FN4O2. The number of unbranched alkanes of at least 4 members (excludes halogenated alkanes) is 1. The van der Waals surface area contributed by atoms with Gasteiger partial charge in [-0.15, -0.1) is 0 Å². The summed E-state index contributed by atoms with van der Waals surface area (Å²) in [5.74, 6) is 0.0449. The van der Waals surface area contributed by atoms with Crippen LogP contribution in [0.15, 0.2) is 12.1 Å². The number of nitrogens with two attached hydrogens (primary N) is 1. The highest BCUT2D eigenvalue weighted by Crippen LogP contribution is 2.20. The number of nitrogens with zero attached hydrogens (tertiary/aromatic N) is 2. The molecule has 1 aromatic rings. The van der Waals surface area contributed by atoms with Gasteiger partial charge in [0.25, 0.3) is 0 Å². The molecule has 0 radical (unpaired) electrons. The van der Waals surface area contributed by atoms with Crippen molar-refractivity contribution in [2.24, 2.45) is 5.73 Å². The normalized spacial score (nSPS) is 14.7. The predicted molar refractivity (Wildman–Crippen MR) is 101 cm³/mol. The van der Waals surface area contributed by atoms with Crippen LogP contribution in [0.1, 0.15) is 43.4 Å². The maximum atomic E-state index is 12.5. The minimum absolute atomic E-state index is 0.354. The largest absolute Gasteiger partial charge is 0.480 e. The Morgan fingerprint density at radius 3 is 2.88 bits per heavy atom. The molecule has 0 bridgehead atoms. The van der Waals surface area contributed by atoms with E-state index in [2.05, 4.69) is 22.3 Å². The molecule has 1 aliphatic heterocycles. The summed E-state index contributed by atoms with van der Waals surface area (Å²) in [5, 5.41) is 12.2. The highest BCUT2D eigenvalue weighted by Gasteiger charge is 2.14. The topological polar surface area (TPSA) is 91.5 Å². The second-order valence-corrected chi connectivity index (χ2v) is 6.92. The van der Waals surface area contributed by atoms with Crippen LogP contribution in [0.2, 0.25) is 0 Å². The number of carboxylic acid groups (broad SMARTS) is 1. The molecule has 1 unspecified atom stereocenters. The number of anilines is 1. The Morgan fingerprint density at radius 1 is 1.31 bits per heavy atom. The summed E-state index contributed by atoms with van der Waals surface area (Å²) in [7, 11) is 0. The number of aliphatic carboxylic acids is 1. The van der Waals surface area contributed by atoms with Gasteiger partial charge in [0.05, 0.1) is 6.67 Å². The smallest absolute Gasteiger partial charge is 0.320 e. The van der Waals surface area contributed by atoms with Gasteiger partial charge in [-0.1, -0.05) is 6.07 Å². The van der Waals surface area contributed by atoms with Crippen LogP contribution in [0.5, 0.6) is 0 Å². The van der Waals surface area contributed by atoms with E-state index in [1.807, 2.05) is 0 Å². The van der Waals surface area contributed by atoms with Gasteiger partial charge in [0.2, 0.25) is 0 Å². The van der Waals surface area contributed by atoms with Crippen molar-refractivity contribution in [3.8, 4) is 0 Å². The van der Waals surface area contributed by atoms with E-state index < -0.39 is 12.0 Å². The molecule has 0 saturated carbocycles. The molecule has 0 fully saturated rings. The lowest BCUT2D eigenvalue weighted by molar-refractivity contribution is -0.138. The minimum Gasteiger partial charge on any atom is -0.480 e. The molecule has 26 heavy (non-hydrogen) atoms. The van der Waals surface area contributed by atoms with Crippen LogP contribution >= 0.6 is 0 Å². The molecule has 0 saturated heterocycles.